The first kappa shape index (κ1) is 32.7. The number of aromatic nitrogens is 2. The summed E-state index contributed by atoms with van der Waals surface area (Å²) >= 11 is 13.0. The van der Waals surface area contributed by atoms with Gasteiger partial charge >= 0.3 is 0 Å². The number of halogens is 3. The van der Waals surface area contributed by atoms with Crippen LogP contribution in [0.25, 0.3) is 22.3 Å². The number of nitrogens with zero attached hydrogens (tertiary/aromatic N) is 3. The van der Waals surface area contributed by atoms with Gasteiger partial charge in [-0.2, -0.15) is 9.78 Å². The predicted octanol–water partition coefficient (Wildman–Crippen LogP) is 8.24. The molecule has 0 bridgehead atoms. The van der Waals surface area contributed by atoms with Crippen LogP contribution in [-0.2, 0) is 4.79 Å². The highest BCUT2D eigenvalue weighted by molar-refractivity contribution is 6.37. The number of hydrogen-bond donors (Lipinski definition) is 1. The highest BCUT2D eigenvalue weighted by Crippen LogP contribution is 2.35. The number of hydrogen-bond acceptors (Lipinski definition) is 6. The molecule has 0 atom stereocenters. The van der Waals surface area contributed by atoms with E-state index in [4.69, 9.17) is 37.7 Å². The van der Waals surface area contributed by atoms with Crippen LogP contribution in [0.15, 0.2) is 82.7 Å². The van der Waals surface area contributed by atoms with Crippen molar-refractivity contribution in [1.29, 1.82) is 0 Å². The lowest BCUT2D eigenvalue weighted by Crippen LogP contribution is -2.21. The molecule has 0 saturated heterocycles. The zero-order valence-electron chi connectivity index (χ0n) is 25.6. The molecule has 0 saturated carbocycles. The van der Waals surface area contributed by atoms with Gasteiger partial charge in [-0.05, 0) is 91.1 Å². The van der Waals surface area contributed by atoms with E-state index < -0.39 is 18.3 Å². The molecule has 0 aliphatic heterocycles. The maximum Gasteiger partial charge on any atom is 0.282 e. The molecule has 4 aromatic carbocycles. The number of carbonyl (C=O) groups is 1. The number of anilines is 1. The van der Waals surface area contributed by atoms with Crippen molar-refractivity contribution in [3.63, 3.8) is 0 Å². The first-order valence-electron chi connectivity index (χ1n) is 14.6. The fraction of sp³-hybridized carbons (Fsp3) is 0.200. The van der Waals surface area contributed by atoms with Gasteiger partial charge in [0.05, 0.1) is 33.8 Å². The van der Waals surface area contributed by atoms with Gasteiger partial charge in [0.2, 0.25) is 0 Å². The second kappa shape index (κ2) is 14.1. The fourth-order valence-corrected chi connectivity index (χ4v) is 5.51. The number of nitrogens with one attached hydrogen (secondary N) is 1. The number of rotatable bonds is 10. The van der Waals surface area contributed by atoms with E-state index in [0.717, 1.165) is 22.4 Å². The Hall–Kier alpha value is -4.73. The molecular formula is C35H31Cl2FN4O4. The molecule has 0 radical (unpaired) electrons. The summed E-state index contributed by atoms with van der Waals surface area (Å²) in [5, 5.41) is 7.75. The molecule has 1 heterocycles. The molecule has 0 spiro atoms. The topological polar surface area (TPSA) is 94.8 Å². The van der Waals surface area contributed by atoms with E-state index in [2.05, 4.69) is 24.3 Å². The normalized spacial score (nSPS) is 11.4. The zero-order chi connectivity index (χ0) is 33.0. The van der Waals surface area contributed by atoms with Crippen LogP contribution >= 0.6 is 23.2 Å². The standard InChI is InChI=1S/C35H31Cl2FN4O4/c1-5-45-31-13-21(4)27(17-26(31)20(2)3)34-41-30-12-7-6-11-25(30)35(44)42(34)39-18-22-14-28(36)33(29(37)15-22)46-19-32(43)40-24-10-8-9-23(38)16-24/h6-18,20H,5,19H2,1-4H3,(H,40,43). The molecule has 11 heteroatoms. The number of para-hydroxylation sites is 1. The number of benzene rings is 4. The summed E-state index contributed by atoms with van der Waals surface area (Å²) in [6.45, 7) is 8.15. The molecule has 1 N–H and O–H groups in total. The molecule has 8 nitrogen and oxygen atoms in total. The van der Waals surface area contributed by atoms with Crippen molar-refractivity contribution < 1.29 is 18.7 Å². The van der Waals surface area contributed by atoms with Crippen molar-refractivity contribution in [2.45, 2.75) is 33.6 Å². The maximum atomic E-state index is 13.8. The molecule has 5 rings (SSSR count). The molecule has 0 fully saturated rings. The summed E-state index contributed by atoms with van der Waals surface area (Å²) in [5.74, 6) is 0.391. The highest BCUT2D eigenvalue weighted by atomic mass is 35.5. The number of amides is 1. The minimum atomic E-state index is -0.524. The Morgan fingerprint density at radius 3 is 2.48 bits per heavy atom. The highest BCUT2D eigenvalue weighted by Gasteiger charge is 2.19. The smallest absolute Gasteiger partial charge is 0.282 e. The van der Waals surface area contributed by atoms with E-state index in [9.17, 15) is 14.0 Å². The summed E-state index contributed by atoms with van der Waals surface area (Å²) < 4.78 is 26.2. The Morgan fingerprint density at radius 1 is 1.04 bits per heavy atom. The van der Waals surface area contributed by atoms with Crippen molar-refractivity contribution in [2.75, 3.05) is 18.5 Å². The van der Waals surface area contributed by atoms with Gasteiger partial charge in [-0.25, -0.2) is 9.37 Å². The molecule has 236 valence electrons. The minimum absolute atomic E-state index is 0.0892. The third kappa shape index (κ3) is 7.22. The lowest BCUT2D eigenvalue weighted by Gasteiger charge is -2.18. The summed E-state index contributed by atoms with van der Waals surface area (Å²) in [6.07, 6.45) is 1.45. The molecule has 1 amide bonds. The van der Waals surface area contributed by atoms with Crippen LogP contribution in [0.5, 0.6) is 11.5 Å². The monoisotopic (exact) mass is 660 g/mol. The van der Waals surface area contributed by atoms with Gasteiger partial charge in [-0.15, -0.1) is 0 Å². The Morgan fingerprint density at radius 2 is 1.78 bits per heavy atom. The predicted molar refractivity (Wildman–Crippen MR) is 181 cm³/mol. The third-order valence-corrected chi connectivity index (χ3v) is 7.63. The molecule has 0 aliphatic rings. The van der Waals surface area contributed by atoms with E-state index in [1.165, 1.54) is 29.1 Å². The summed E-state index contributed by atoms with van der Waals surface area (Å²) in [5.41, 5.74) is 3.55. The Balaban J connectivity index is 1.48. The first-order valence-corrected chi connectivity index (χ1v) is 15.3. The van der Waals surface area contributed by atoms with E-state index in [-0.39, 0.29) is 33.0 Å². The van der Waals surface area contributed by atoms with Gasteiger partial charge < -0.3 is 14.8 Å². The average molecular weight is 662 g/mol. The largest absolute Gasteiger partial charge is 0.494 e. The number of aryl methyl sites for hydroxylation is 1. The number of ether oxygens (including phenoxy) is 2. The Labute approximate surface area is 275 Å². The van der Waals surface area contributed by atoms with Crippen molar-refractivity contribution in [3.05, 3.63) is 116 Å². The van der Waals surface area contributed by atoms with Crippen LogP contribution < -0.4 is 20.3 Å². The van der Waals surface area contributed by atoms with Gasteiger partial charge in [0.25, 0.3) is 11.5 Å². The molecule has 0 unspecified atom stereocenters. The average Bonchev–Trinajstić information content (AvgIpc) is 3.00. The van der Waals surface area contributed by atoms with Crippen LogP contribution in [-0.4, -0.2) is 35.0 Å². The zero-order valence-corrected chi connectivity index (χ0v) is 27.1. The molecule has 5 aromatic rings. The Bertz CT molecular complexity index is 2000. The summed E-state index contributed by atoms with van der Waals surface area (Å²) in [4.78, 5) is 31.0. The van der Waals surface area contributed by atoms with Gasteiger partial charge in [0.1, 0.15) is 11.6 Å². The molecular weight excluding hydrogens is 630 g/mol. The van der Waals surface area contributed by atoms with Gasteiger partial charge in [0.15, 0.2) is 18.2 Å². The van der Waals surface area contributed by atoms with E-state index in [1.807, 2.05) is 32.0 Å². The molecule has 46 heavy (non-hydrogen) atoms. The summed E-state index contributed by atoms with van der Waals surface area (Å²) in [7, 11) is 0. The number of fused-ring (bicyclic) bond motifs is 1. The van der Waals surface area contributed by atoms with Crippen molar-refractivity contribution in [1.82, 2.24) is 9.66 Å². The quantitative estimate of drug-likeness (QED) is 0.152. The lowest BCUT2D eigenvalue weighted by molar-refractivity contribution is -0.118. The van der Waals surface area contributed by atoms with E-state index in [0.29, 0.717) is 28.9 Å². The minimum Gasteiger partial charge on any atom is -0.494 e. The lowest BCUT2D eigenvalue weighted by atomic mass is 9.96. The van der Waals surface area contributed by atoms with Crippen LogP contribution in [0.4, 0.5) is 10.1 Å². The van der Waals surface area contributed by atoms with Gasteiger partial charge in [-0.3, -0.25) is 9.59 Å². The van der Waals surface area contributed by atoms with Crippen molar-refractivity contribution in [3.8, 4) is 22.9 Å². The number of carbonyl (C=O) groups excluding carboxylic acids is 1. The van der Waals surface area contributed by atoms with E-state index in [1.54, 1.807) is 36.4 Å². The van der Waals surface area contributed by atoms with Crippen LogP contribution in [0.3, 0.4) is 0 Å². The van der Waals surface area contributed by atoms with Crippen LogP contribution in [0, 0.1) is 12.7 Å². The fourth-order valence-electron chi connectivity index (χ4n) is 4.89. The van der Waals surface area contributed by atoms with Gasteiger partial charge in [-0.1, -0.05) is 55.2 Å². The Kier molecular flexibility index (Phi) is 10.0. The second-order valence-electron chi connectivity index (χ2n) is 10.8. The maximum absolute atomic E-state index is 13.8. The third-order valence-electron chi connectivity index (χ3n) is 7.07. The van der Waals surface area contributed by atoms with Gasteiger partial charge in [0, 0.05) is 11.3 Å². The SMILES string of the molecule is CCOc1cc(C)c(-c2nc3ccccc3c(=O)n2N=Cc2cc(Cl)c(OCC(=O)Nc3cccc(F)c3)c(Cl)c2)cc1C(C)C. The van der Waals surface area contributed by atoms with E-state index >= 15 is 0 Å². The summed E-state index contributed by atoms with van der Waals surface area (Å²) in [6, 6.07) is 19.6. The van der Waals surface area contributed by atoms with Crippen LogP contribution in [0.2, 0.25) is 10.0 Å². The van der Waals surface area contributed by atoms with Crippen molar-refractivity contribution >= 4 is 51.9 Å². The van der Waals surface area contributed by atoms with Crippen molar-refractivity contribution in [2.24, 2.45) is 5.10 Å². The first-order chi connectivity index (χ1) is 22.0. The molecule has 0 aliphatic carbocycles. The van der Waals surface area contributed by atoms with Crippen LogP contribution in [0.1, 0.15) is 43.4 Å². The second-order valence-corrected chi connectivity index (χ2v) is 11.6. The molecule has 1 aromatic heterocycles.